The minimum absolute atomic E-state index is 0.0342. The Bertz CT molecular complexity index is 530. The molecule has 0 N–H and O–H groups in total. The number of hydrogen-bond acceptors (Lipinski definition) is 3. The summed E-state index contributed by atoms with van der Waals surface area (Å²) in [7, 11) is 0. The van der Waals surface area contributed by atoms with Crippen LogP contribution >= 0.6 is 0 Å². The van der Waals surface area contributed by atoms with Gasteiger partial charge in [0.1, 0.15) is 6.07 Å². The molecule has 1 aromatic rings. The van der Waals surface area contributed by atoms with Gasteiger partial charge in [0.25, 0.3) is 0 Å². The number of nitriles is 1. The number of aryl methyl sites for hydroxylation is 1. The van der Waals surface area contributed by atoms with Gasteiger partial charge in [-0.1, -0.05) is 13.0 Å². The van der Waals surface area contributed by atoms with Gasteiger partial charge >= 0.3 is 12.1 Å². The maximum absolute atomic E-state index is 13.1. The van der Waals surface area contributed by atoms with Gasteiger partial charge in [-0.2, -0.15) is 18.4 Å². The Labute approximate surface area is 108 Å². The molecule has 0 atom stereocenters. The number of esters is 1. The highest BCUT2D eigenvalue weighted by atomic mass is 19.4. The lowest BCUT2D eigenvalue weighted by atomic mass is 9.95. The second-order valence-electron chi connectivity index (χ2n) is 3.71. The first-order chi connectivity index (χ1) is 8.86. The number of rotatable bonds is 3. The summed E-state index contributed by atoms with van der Waals surface area (Å²) in [4.78, 5) is 11.5. The maximum atomic E-state index is 13.1. The lowest BCUT2D eigenvalue weighted by molar-refractivity contribution is -0.138. The lowest BCUT2D eigenvalue weighted by Gasteiger charge is -2.15. The zero-order valence-corrected chi connectivity index (χ0v) is 10.5. The van der Waals surface area contributed by atoms with Crippen LogP contribution < -0.4 is 0 Å². The second kappa shape index (κ2) is 5.74. The van der Waals surface area contributed by atoms with E-state index in [-0.39, 0.29) is 18.6 Å². The number of carbonyl (C=O) groups excluding carboxylic acids is 1. The van der Waals surface area contributed by atoms with Crippen molar-refractivity contribution in [2.45, 2.75) is 26.4 Å². The normalized spacial score (nSPS) is 10.9. The van der Waals surface area contributed by atoms with Gasteiger partial charge in [0, 0.05) is 0 Å². The van der Waals surface area contributed by atoms with Crippen molar-refractivity contribution in [3.63, 3.8) is 0 Å². The van der Waals surface area contributed by atoms with Crippen LogP contribution in [0.2, 0.25) is 0 Å². The standard InChI is InChI=1S/C13H12F3NO2/c1-3-8-5-6-9(12(18)19-4-2)11(10(8)7-17)13(14,15)16/h5-6H,3-4H2,1-2H3. The molecule has 6 heteroatoms. The van der Waals surface area contributed by atoms with Gasteiger partial charge < -0.3 is 4.74 Å². The molecule has 1 rings (SSSR count). The van der Waals surface area contributed by atoms with E-state index in [1.54, 1.807) is 6.92 Å². The van der Waals surface area contributed by atoms with Crippen molar-refractivity contribution in [2.75, 3.05) is 6.61 Å². The Kier molecular flexibility index (Phi) is 4.54. The van der Waals surface area contributed by atoms with Crippen molar-refractivity contribution in [1.29, 1.82) is 5.26 Å². The third-order valence-electron chi connectivity index (χ3n) is 2.56. The number of ether oxygens (including phenoxy) is 1. The summed E-state index contributed by atoms with van der Waals surface area (Å²) in [5.74, 6) is -1.08. The average molecular weight is 271 g/mol. The fourth-order valence-corrected chi connectivity index (χ4v) is 1.74. The van der Waals surface area contributed by atoms with E-state index in [0.29, 0.717) is 0 Å². The van der Waals surface area contributed by atoms with Gasteiger partial charge in [0.05, 0.1) is 23.3 Å². The molecule has 3 nitrogen and oxygen atoms in total. The molecule has 0 spiro atoms. The van der Waals surface area contributed by atoms with Crippen LogP contribution in [-0.4, -0.2) is 12.6 Å². The van der Waals surface area contributed by atoms with Crippen LogP contribution in [0.25, 0.3) is 0 Å². The third kappa shape index (κ3) is 3.05. The molecule has 0 heterocycles. The molecule has 0 saturated heterocycles. The minimum Gasteiger partial charge on any atom is -0.462 e. The second-order valence-corrected chi connectivity index (χ2v) is 3.71. The molecule has 0 fully saturated rings. The van der Waals surface area contributed by atoms with Crippen LogP contribution in [0.15, 0.2) is 12.1 Å². The van der Waals surface area contributed by atoms with E-state index in [4.69, 9.17) is 5.26 Å². The van der Waals surface area contributed by atoms with Gasteiger partial charge in [-0.3, -0.25) is 0 Å². The molecule has 0 radical (unpaired) electrons. The van der Waals surface area contributed by atoms with Crippen molar-refractivity contribution >= 4 is 5.97 Å². The Morgan fingerprint density at radius 3 is 2.42 bits per heavy atom. The van der Waals surface area contributed by atoms with E-state index >= 15 is 0 Å². The number of carbonyl (C=O) groups is 1. The predicted octanol–water partition coefficient (Wildman–Crippen LogP) is 3.32. The number of benzene rings is 1. The molecule has 0 aromatic heterocycles. The van der Waals surface area contributed by atoms with Crippen molar-refractivity contribution in [3.8, 4) is 6.07 Å². The van der Waals surface area contributed by atoms with E-state index in [1.165, 1.54) is 19.1 Å². The van der Waals surface area contributed by atoms with Crippen LogP contribution in [0, 0.1) is 11.3 Å². The van der Waals surface area contributed by atoms with Crippen molar-refractivity contribution in [2.24, 2.45) is 0 Å². The summed E-state index contributed by atoms with van der Waals surface area (Å²) in [6, 6.07) is 3.93. The van der Waals surface area contributed by atoms with E-state index in [2.05, 4.69) is 4.74 Å². The summed E-state index contributed by atoms with van der Waals surface area (Å²) in [6.07, 6.45) is -4.51. The first-order valence-electron chi connectivity index (χ1n) is 5.67. The van der Waals surface area contributed by atoms with E-state index in [9.17, 15) is 18.0 Å². The summed E-state index contributed by atoms with van der Waals surface area (Å²) >= 11 is 0. The highest BCUT2D eigenvalue weighted by molar-refractivity contribution is 5.92. The number of nitrogens with zero attached hydrogens (tertiary/aromatic N) is 1. The van der Waals surface area contributed by atoms with E-state index < -0.39 is 28.8 Å². The first kappa shape index (κ1) is 15.0. The van der Waals surface area contributed by atoms with Gasteiger partial charge in [0.15, 0.2) is 0 Å². The van der Waals surface area contributed by atoms with Crippen molar-refractivity contribution in [1.82, 2.24) is 0 Å². The molecular weight excluding hydrogens is 259 g/mol. The molecule has 0 aliphatic carbocycles. The summed E-state index contributed by atoms with van der Waals surface area (Å²) < 4.78 is 43.8. The fraction of sp³-hybridized carbons (Fsp3) is 0.385. The molecule has 102 valence electrons. The highest BCUT2D eigenvalue weighted by Gasteiger charge is 2.39. The quantitative estimate of drug-likeness (QED) is 0.792. The summed E-state index contributed by atoms with van der Waals surface area (Å²) in [5.41, 5.74) is -2.10. The maximum Gasteiger partial charge on any atom is 0.418 e. The SMILES string of the molecule is CCOC(=O)c1ccc(CC)c(C#N)c1C(F)(F)F. The van der Waals surface area contributed by atoms with Crippen LogP contribution in [0.1, 0.15) is 40.9 Å². The molecule has 0 unspecified atom stereocenters. The molecule has 0 saturated carbocycles. The van der Waals surface area contributed by atoms with Crippen LogP contribution in [0.3, 0.4) is 0 Å². The smallest absolute Gasteiger partial charge is 0.418 e. The number of halogens is 3. The molecule has 0 bridgehead atoms. The Morgan fingerprint density at radius 2 is 2.00 bits per heavy atom. The van der Waals surface area contributed by atoms with Crippen LogP contribution in [-0.2, 0) is 17.3 Å². The molecule has 1 aromatic carbocycles. The molecule has 0 aliphatic heterocycles. The fourth-order valence-electron chi connectivity index (χ4n) is 1.74. The number of hydrogen-bond donors (Lipinski definition) is 0. The Morgan fingerprint density at radius 1 is 1.37 bits per heavy atom. The van der Waals surface area contributed by atoms with Gasteiger partial charge in [-0.25, -0.2) is 4.79 Å². The van der Waals surface area contributed by atoms with Crippen molar-refractivity contribution in [3.05, 3.63) is 34.4 Å². The van der Waals surface area contributed by atoms with Gasteiger partial charge in [0.2, 0.25) is 0 Å². The Balaban J connectivity index is 3.58. The van der Waals surface area contributed by atoms with E-state index in [0.717, 1.165) is 6.07 Å². The van der Waals surface area contributed by atoms with Crippen molar-refractivity contribution < 1.29 is 22.7 Å². The molecule has 0 amide bonds. The zero-order chi connectivity index (χ0) is 14.6. The summed E-state index contributed by atoms with van der Waals surface area (Å²) in [5, 5.41) is 8.93. The molecule has 19 heavy (non-hydrogen) atoms. The van der Waals surface area contributed by atoms with Gasteiger partial charge in [-0.15, -0.1) is 0 Å². The van der Waals surface area contributed by atoms with Crippen LogP contribution in [0.4, 0.5) is 13.2 Å². The largest absolute Gasteiger partial charge is 0.462 e. The monoisotopic (exact) mass is 271 g/mol. The highest BCUT2D eigenvalue weighted by Crippen LogP contribution is 2.36. The minimum atomic E-state index is -4.78. The average Bonchev–Trinajstić information content (AvgIpc) is 2.35. The predicted molar refractivity (Wildman–Crippen MR) is 61.5 cm³/mol. The molecular formula is C13H12F3NO2. The third-order valence-corrected chi connectivity index (χ3v) is 2.56. The van der Waals surface area contributed by atoms with E-state index in [1.807, 2.05) is 0 Å². The van der Waals surface area contributed by atoms with Gasteiger partial charge in [-0.05, 0) is 25.0 Å². The molecule has 0 aliphatic rings. The Hall–Kier alpha value is -2.03. The number of alkyl halides is 3. The topological polar surface area (TPSA) is 50.1 Å². The summed E-state index contributed by atoms with van der Waals surface area (Å²) in [6.45, 7) is 3.10. The lowest BCUT2D eigenvalue weighted by Crippen LogP contribution is -2.18. The van der Waals surface area contributed by atoms with Crippen LogP contribution in [0.5, 0.6) is 0 Å². The first-order valence-corrected chi connectivity index (χ1v) is 5.67. The zero-order valence-electron chi connectivity index (χ0n) is 10.5.